The van der Waals surface area contributed by atoms with Gasteiger partial charge in [-0.2, -0.15) is 0 Å². The maximum Gasteiger partial charge on any atom is 0.0337 e. The molecule has 1 unspecified atom stereocenters. The number of nitrogens with two attached hydrogens (primary N) is 1. The predicted octanol–water partition coefficient (Wildman–Crippen LogP) is 2.17. The topological polar surface area (TPSA) is 32.5 Å². The zero-order chi connectivity index (χ0) is 14.1. The van der Waals surface area contributed by atoms with Crippen LogP contribution in [-0.2, 0) is 0 Å². The first-order valence-corrected chi connectivity index (χ1v) is 7.97. The zero-order valence-electron chi connectivity index (χ0n) is 13.4. The standard InChI is InChI=1S/C16H33N3/c1-15(2)7-8-16(12-15,13-17)19-9-5-14(6-10-19)11-18(3)4/h14H,5-13,17H2,1-4H3. The normalized spacial score (nSPS) is 33.2. The highest BCUT2D eigenvalue weighted by molar-refractivity contribution is 5.03. The average Bonchev–Trinajstić information content (AvgIpc) is 2.66. The number of rotatable bonds is 4. The Hall–Kier alpha value is -0.120. The molecular formula is C16H33N3. The molecule has 19 heavy (non-hydrogen) atoms. The molecule has 3 heteroatoms. The molecule has 0 aromatic rings. The van der Waals surface area contributed by atoms with E-state index in [4.69, 9.17) is 5.73 Å². The lowest BCUT2D eigenvalue weighted by molar-refractivity contribution is 0.0469. The quantitative estimate of drug-likeness (QED) is 0.847. The molecule has 0 aromatic heterocycles. The summed E-state index contributed by atoms with van der Waals surface area (Å²) in [5.74, 6) is 0.885. The smallest absolute Gasteiger partial charge is 0.0337 e. The number of hydrogen-bond donors (Lipinski definition) is 1. The van der Waals surface area contributed by atoms with E-state index in [1.807, 2.05) is 0 Å². The first-order chi connectivity index (χ1) is 8.87. The Bertz CT molecular complexity index is 292. The molecule has 0 amide bonds. The molecule has 1 aliphatic carbocycles. The number of likely N-dealkylation sites (tertiary alicyclic amines) is 1. The molecule has 2 fully saturated rings. The molecule has 1 saturated heterocycles. The second kappa shape index (κ2) is 5.71. The summed E-state index contributed by atoms with van der Waals surface area (Å²) in [6, 6.07) is 0. The highest BCUT2D eigenvalue weighted by atomic mass is 15.2. The SMILES string of the molecule is CN(C)CC1CCN(C2(CN)CCC(C)(C)C2)CC1. The van der Waals surface area contributed by atoms with Gasteiger partial charge in [0.1, 0.15) is 0 Å². The number of nitrogens with zero attached hydrogens (tertiary/aromatic N) is 2. The van der Waals surface area contributed by atoms with Crippen molar-refractivity contribution >= 4 is 0 Å². The summed E-state index contributed by atoms with van der Waals surface area (Å²) in [5.41, 5.74) is 6.98. The molecule has 1 saturated carbocycles. The minimum atomic E-state index is 0.312. The van der Waals surface area contributed by atoms with E-state index in [-0.39, 0.29) is 0 Å². The number of hydrogen-bond acceptors (Lipinski definition) is 3. The minimum absolute atomic E-state index is 0.312. The third-order valence-corrected chi connectivity index (χ3v) is 5.36. The molecule has 1 aliphatic heterocycles. The molecule has 112 valence electrons. The zero-order valence-corrected chi connectivity index (χ0v) is 13.4. The van der Waals surface area contributed by atoms with Gasteiger partial charge in [0.05, 0.1) is 0 Å². The van der Waals surface area contributed by atoms with Crippen LogP contribution < -0.4 is 5.73 Å². The van der Waals surface area contributed by atoms with Gasteiger partial charge in [0, 0.05) is 18.6 Å². The van der Waals surface area contributed by atoms with Gasteiger partial charge >= 0.3 is 0 Å². The molecule has 3 nitrogen and oxygen atoms in total. The van der Waals surface area contributed by atoms with Crippen LogP contribution in [0.25, 0.3) is 0 Å². The van der Waals surface area contributed by atoms with Crippen molar-refractivity contribution in [2.75, 3.05) is 40.3 Å². The summed E-state index contributed by atoms with van der Waals surface area (Å²) in [4.78, 5) is 5.06. The van der Waals surface area contributed by atoms with Crippen molar-refractivity contribution in [3.8, 4) is 0 Å². The van der Waals surface area contributed by atoms with Gasteiger partial charge in [0.15, 0.2) is 0 Å². The Morgan fingerprint density at radius 1 is 1.16 bits per heavy atom. The van der Waals surface area contributed by atoms with Crippen molar-refractivity contribution in [3.05, 3.63) is 0 Å². The van der Waals surface area contributed by atoms with Crippen LogP contribution in [0.2, 0.25) is 0 Å². The molecule has 0 radical (unpaired) electrons. The summed E-state index contributed by atoms with van der Waals surface area (Å²) in [6.07, 6.45) is 6.62. The monoisotopic (exact) mass is 267 g/mol. The fraction of sp³-hybridized carbons (Fsp3) is 1.00. The second-order valence-corrected chi connectivity index (χ2v) is 7.96. The highest BCUT2D eigenvalue weighted by Crippen LogP contribution is 2.47. The van der Waals surface area contributed by atoms with Crippen LogP contribution in [0.15, 0.2) is 0 Å². The van der Waals surface area contributed by atoms with Crippen LogP contribution in [-0.4, -0.2) is 55.6 Å². The lowest BCUT2D eigenvalue weighted by Crippen LogP contribution is -2.55. The molecule has 2 rings (SSSR count). The Kier molecular flexibility index (Phi) is 4.59. The Labute approximate surface area is 119 Å². The molecule has 0 bridgehead atoms. The van der Waals surface area contributed by atoms with Gasteiger partial charge in [-0.3, -0.25) is 4.90 Å². The van der Waals surface area contributed by atoms with E-state index in [0.717, 1.165) is 12.5 Å². The third-order valence-electron chi connectivity index (χ3n) is 5.36. The lowest BCUT2D eigenvalue weighted by Gasteiger charge is -2.45. The fourth-order valence-corrected chi connectivity index (χ4v) is 4.32. The largest absolute Gasteiger partial charge is 0.329 e. The lowest BCUT2D eigenvalue weighted by atomic mass is 9.84. The van der Waals surface area contributed by atoms with Gasteiger partial charge in [0.2, 0.25) is 0 Å². The summed E-state index contributed by atoms with van der Waals surface area (Å²) in [6.45, 7) is 9.41. The van der Waals surface area contributed by atoms with Gasteiger partial charge in [-0.1, -0.05) is 13.8 Å². The summed E-state index contributed by atoms with van der Waals surface area (Å²) in [5, 5.41) is 0. The number of piperidine rings is 1. The van der Waals surface area contributed by atoms with Crippen LogP contribution in [0.1, 0.15) is 46.0 Å². The van der Waals surface area contributed by atoms with Crippen molar-refractivity contribution in [1.29, 1.82) is 0 Å². The molecular weight excluding hydrogens is 234 g/mol. The average molecular weight is 267 g/mol. The van der Waals surface area contributed by atoms with Crippen molar-refractivity contribution in [2.24, 2.45) is 17.1 Å². The molecule has 0 aromatic carbocycles. The highest BCUT2D eigenvalue weighted by Gasteiger charge is 2.46. The molecule has 1 atom stereocenters. The van der Waals surface area contributed by atoms with Crippen LogP contribution in [0.5, 0.6) is 0 Å². The third kappa shape index (κ3) is 3.50. The first-order valence-electron chi connectivity index (χ1n) is 7.97. The van der Waals surface area contributed by atoms with Gasteiger partial charge in [-0.15, -0.1) is 0 Å². The van der Waals surface area contributed by atoms with Crippen molar-refractivity contribution in [1.82, 2.24) is 9.80 Å². The van der Waals surface area contributed by atoms with Crippen LogP contribution >= 0.6 is 0 Å². The Balaban J connectivity index is 1.93. The Morgan fingerprint density at radius 3 is 2.21 bits per heavy atom. The molecule has 2 aliphatic rings. The van der Waals surface area contributed by atoms with Gasteiger partial charge in [-0.05, 0) is 70.6 Å². The summed E-state index contributed by atoms with van der Waals surface area (Å²) < 4.78 is 0. The van der Waals surface area contributed by atoms with Crippen LogP contribution in [0.4, 0.5) is 0 Å². The van der Waals surface area contributed by atoms with E-state index >= 15 is 0 Å². The van der Waals surface area contributed by atoms with Crippen LogP contribution in [0.3, 0.4) is 0 Å². The minimum Gasteiger partial charge on any atom is -0.329 e. The maximum atomic E-state index is 6.19. The van der Waals surface area contributed by atoms with E-state index < -0.39 is 0 Å². The van der Waals surface area contributed by atoms with Crippen molar-refractivity contribution in [2.45, 2.75) is 51.5 Å². The van der Waals surface area contributed by atoms with Gasteiger partial charge in [-0.25, -0.2) is 0 Å². The van der Waals surface area contributed by atoms with Crippen LogP contribution in [0, 0.1) is 11.3 Å². The van der Waals surface area contributed by atoms with E-state index in [9.17, 15) is 0 Å². The second-order valence-electron chi connectivity index (χ2n) is 7.96. The van der Waals surface area contributed by atoms with E-state index in [1.165, 1.54) is 51.7 Å². The molecule has 0 spiro atoms. The summed E-state index contributed by atoms with van der Waals surface area (Å²) in [7, 11) is 4.38. The van der Waals surface area contributed by atoms with Crippen molar-refractivity contribution in [3.63, 3.8) is 0 Å². The predicted molar refractivity (Wildman–Crippen MR) is 82.3 cm³/mol. The molecule has 1 heterocycles. The van der Waals surface area contributed by atoms with Gasteiger partial charge < -0.3 is 10.6 Å². The summed E-state index contributed by atoms with van der Waals surface area (Å²) >= 11 is 0. The molecule has 2 N–H and O–H groups in total. The van der Waals surface area contributed by atoms with Gasteiger partial charge in [0.25, 0.3) is 0 Å². The maximum absolute atomic E-state index is 6.19. The van der Waals surface area contributed by atoms with Crippen molar-refractivity contribution < 1.29 is 0 Å². The first kappa shape index (κ1) is 15.3. The van der Waals surface area contributed by atoms with E-state index in [1.54, 1.807) is 0 Å². The fourth-order valence-electron chi connectivity index (χ4n) is 4.32. The van der Waals surface area contributed by atoms with E-state index in [2.05, 4.69) is 37.7 Å². The Morgan fingerprint density at radius 2 is 1.79 bits per heavy atom. The van der Waals surface area contributed by atoms with E-state index in [0.29, 0.717) is 11.0 Å².